The highest BCUT2D eigenvalue weighted by molar-refractivity contribution is 5.69. The van der Waals surface area contributed by atoms with Gasteiger partial charge < -0.3 is 5.73 Å². The van der Waals surface area contributed by atoms with Crippen LogP contribution in [0.3, 0.4) is 0 Å². The second-order valence-electron chi connectivity index (χ2n) is 3.78. The topological polar surface area (TPSA) is 54.7 Å². The van der Waals surface area contributed by atoms with Crippen molar-refractivity contribution in [3.63, 3.8) is 0 Å². The number of nitrogens with two attached hydrogens (primary N) is 1. The highest BCUT2D eigenvalue weighted by atomic mass is 15.1. The molecule has 3 N–H and O–H groups in total. The molecular weight excluding hydrogens is 186 g/mol. The van der Waals surface area contributed by atoms with E-state index in [-0.39, 0.29) is 0 Å². The van der Waals surface area contributed by atoms with Gasteiger partial charge in [0.15, 0.2) is 0 Å². The van der Waals surface area contributed by atoms with E-state index in [4.69, 9.17) is 5.73 Å². The van der Waals surface area contributed by atoms with Gasteiger partial charge in [0.2, 0.25) is 0 Å². The van der Waals surface area contributed by atoms with Gasteiger partial charge in [-0.25, -0.2) is 0 Å². The van der Waals surface area contributed by atoms with Crippen LogP contribution < -0.4 is 5.73 Å². The summed E-state index contributed by atoms with van der Waals surface area (Å²) >= 11 is 0. The van der Waals surface area contributed by atoms with Crippen molar-refractivity contribution >= 4 is 0 Å². The first kappa shape index (κ1) is 9.93. The number of hydrogen-bond donors (Lipinski definition) is 2. The van der Waals surface area contributed by atoms with Gasteiger partial charge in [-0.1, -0.05) is 23.8 Å². The Bertz CT molecular complexity index is 471. The zero-order valence-corrected chi connectivity index (χ0v) is 9.04. The summed E-state index contributed by atoms with van der Waals surface area (Å²) in [5.41, 5.74) is 11.5. The molecule has 0 aliphatic heterocycles. The molecule has 15 heavy (non-hydrogen) atoms. The van der Waals surface area contributed by atoms with Crippen LogP contribution in [-0.4, -0.2) is 10.2 Å². The highest BCUT2D eigenvalue weighted by Crippen LogP contribution is 2.25. The molecule has 3 heteroatoms. The molecule has 0 saturated carbocycles. The van der Waals surface area contributed by atoms with Crippen LogP contribution in [-0.2, 0) is 6.54 Å². The monoisotopic (exact) mass is 201 g/mol. The Morgan fingerprint density at radius 2 is 2.07 bits per heavy atom. The van der Waals surface area contributed by atoms with Crippen molar-refractivity contribution in [2.45, 2.75) is 20.4 Å². The van der Waals surface area contributed by atoms with Gasteiger partial charge in [-0.15, -0.1) is 0 Å². The molecule has 0 aliphatic rings. The smallest absolute Gasteiger partial charge is 0.0569 e. The standard InChI is InChI=1S/C12H15N3/c1-8-3-4-10(9(2)5-8)11-7-14-15-12(11)6-13/h3-5,7H,6,13H2,1-2H3,(H,14,15). The molecule has 0 radical (unpaired) electrons. The van der Waals surface area contributed by atoms with Crippen LogP contribution in [0, 0.1) is 13.8 Å². The van der Waals surface area contributed by atoms with Gasteiger partial charge in [0, 0.05) is 12.1 Å². The third kappa shape index (κ3) is 1.78. The van der Waals surface area contributed by atoms with E-state index in [0.29, 0.717) is 6.54 Å². The molecule has 0 saturated heterocycles. The van der Waals surface area contributed by atoms with E-state index in [1.165, 1.54) is 16.7 Å². The Labute approximate surface area is 89.3 Å². The predicted octanol–water partition coefficient (Wildman–Crippen LogP) is 2.15. The summed E-state index contributed by atoms with van der Waals surface area (Å²) in [6.45, 7) is 4.69. The lowest BCUT2D eigenvalue weighted by Crippen LogP contribution is -1.99. The van der Waals surface area contributed by atoms with Gasteiger partial charge >= 0.3 is 0 Å². The third-order valence-electron chi connectivity index (χ3n) is 2.59. The lowest BCUT2D eigenvalue weighted by atomic mass is 9.99. The summed E-state index contributed by atoms with van der Waals surface area (Å²) in [6.07, 6.45) is 1.83. The number of aromatic nitrogens is 2. The minimum atomic E-state index is 0.489. The molecule has 1 heterocycles. The molecule has 2 aromatic rings. The van der Waals surface area contributed by atoms with Crippen LogP contribution in [0.15, 0.2) is 24.4 Å². The molecule has 1 aromatic heterocycles. The number of nitrogens with one attached hydrogen (secondary N) is 1. The fourth-order valence-corrected chi connectivity index (χ4v) is 1.82. The van der Waals surface area contributed by atoms with Crippen molar-refractivity contribution in [3.05, 3.63) is 41.2 Å². The zero-order valence-electron chi connectivity index (χ0n) is 9.04. The molecule has 3 nitrogen and oxygen atoms in total. The molecular formula is C12H15N3. The van der Waals surface area contributed by atoms with E-state index >= 15 is 0 Å². The molecule has 0 aliphatic carbocycles. The maximum Gasteiger partial charge on any atom is 0.0569 e. The molecule has 1 aromatic carbocycles. The molecule has 0 spiro atoms. The van der Waals surface area contributed by atoms with Crippen LogP contribution in [0.4, 0.5) is 0 Å². The molecule has 78 valence electrons. The number of H-pyrrole nitrogens is 1. The maximum absolute atomic E-state index is 5.64. The Morgan fingerprint density at radius 1 is 1.27 bits per heavy atom. The first-order valence-electron chi connectivity index (χ1n) is 5.02. The van der Waals surface area contributed by atoms with Gasteiger partial charge in [0.25, 0.3) is 0 Å². The Morgan fingerprint density at radius 3 is 2.73 bits per heavy atom. The molecule has 0 unspecified atom stereocenters. The van der Waals surface area contributed by atoms with Gasteiger partial charge in [-0.05, 0) is 25.0 Å². The molecule has 0 fully saturated rings. The van der Waals surface area contributed by atoms with Crippen molar-refractivity contribution in [3.8, 4) is 11.1 Å². The summed E-state index contributed by atoms with van der Waals surface area (Å²) in [5, 5.41) is 6.95. The average Bonchev–Trinajstić information content (AvgIpc) is 2.65. The van der Waals surface area contributed by atoms with E-state index in [1.54, 1.807) is 0 Å². The van der Waals surface area contributed by atoms with Gasteiger partial charge in [-0.3, -0.25) is 5.10 Å². The number of aromatic amines is 1. The van der Waals surface area contributed by atoms with Gasteiger partial charge in [-0.2, -0.15) is 5.10 Å². The summed E-state index contributed by atoms with van der Waals surface area (Å²) in [5.74, 6) is 0. The van der Waals surface area contributed by atoms with E-state index in [2.05, 4.69) is 42.2 Å². The zero-order chi connectivity index (χ0) is 10.8. The van der Waals surface area contributed by atoms with E-state index < -0.39 is 0 Å². The molecule has 0 bridgehead atoms. The first-order chi connectivity index (χ1) is 7.22. The maximum atomic E-state index is 5.64. The SMILES string of the molecule is Cc1ccc(-c2cn[nH]c2CN)c(C)c1. The Balaban J connectivity index is 2.54. The summed E-state index contributed by atoms with van der Waals surface area (Å²) in [7, 11) is 0. The molecule has 2 rings (SSSR count). The number of hydrogen-bond acceptors (Lipinski definition) is 2. The second kappa shape index (κ2) is 3.87. The summed E-state index contributed by atoms with van der Waals surface area (Å²) in [6, 6.07) is 6.40. The third-order valence-corrected chi connectivity index (χ3v) is 2.59. The van der Waals surface area contributed by atoms with Crippen molar-refractivity contribution in [1.29, 1.82) is 0 Å². The second-order valence-corrected chi connectivity index (χ2v) is 3.78. The first-order valence-corrected chi connectivity index (χ1v) is 5.02. The quantitative estimate of drug-likeness (QED) is 0.782. The van der Waals surface area contributed by atoms with Crippen LogP contribution in [0.5, 0.6) is 0 Å². The average molecular weight is 201 g/mol. The van der Waals surface area contributed by atoms with Gasteiger partial charge in [0.05, 0.1) is 11.9 Å². The lowest BCUT2D eigenvalue weighted by Gasteiger charge is -2.06. The summed E-state index contributed by atoms with van der Waals surface area (Å²) in [4.78, 5) is 0. The van der Waals surface area contributed by atoms with Crippen LogP contribution in [0.2, 0.25) is 0 Å². The van der Waals surface area contributed by atoms with Gasteiger partial charge in [0.1, 0.15) is 0 Å². The number of aryl methyl sites for hydroxylation is 2. The predicted molar refractivity (Wildman–Crippen MR) is 61.4 cm³/mol. The largest absolute Gasteiger partial charge is 0.325 e. The van der Waals surface area contributed by atoms with Crippen LogP contribution >= 0.6 is 0 Å². The van der Waals surface area contributed by atoms with Crippen LogP contribution in [0.1, 0.15) is 16.8 Å². The summed E-state index contributed by atoms with van der Waals surface area (Å²) < 4.78 is 0. The normalized spacial score (nSPS) is 10.6. The minimum Gasteiger partial charge on any atom is -0.325 e. The molecule has 0 atom stereocenters. The molecule has 0 amide bonds. The van der Waals surface area contributed by atoms with Crippen LogP contribution in [0.25, 0.3) is 11.1 Å². The fourth-order valence-electron chi connectivity index (χ4n) is 1.82. The fraction of sp³-hybridized carbons (Fsp3) is 0.250. The van der Waals surface area contributed by atoms with E-state index in [1.807, 2.05) is 6.20 Å². The van der Waals surface area contributed by atoms with E-state index in [0.717, 1.165) is 11.3 Å². The lowest BCUT2D eigenvalue weighted by molar-refractivity contribution is 0.948. The van der Waals surface area contributed by atoms with Crippen molar-refractivity contribution < 1.29 is 0 Å². The Hall–Kier alpha value is -1.61. The van der Waals surface area contributed by atoms with Crippen molar-refractivity contribution in [2.75, 3.05) is 0 Å². The highest BCUT2D eigenvalue weighted by Gasteiger charge is 2.08. The minimum absolute atomic E-state index is 0.489. The Kier molecular flexibility index (Phi) is 2.56. The van der Waals surface area contributed by atoms with Crippen molar-refractivity contribution in [1.82, 2.24) is 10.2 Å². The van der Waals surface area contributed by atoms with E-state index in [9.17, 15) is 0 Å². The van der Waals surface area contributed by atoms with Crippen molar-refractivity contribution in [2.24, 2.45) is 5.73 Å². The number of benzene rings is 1. The number of nitrogens with zero attached hydrogens (tertiary/aromatic N) is 1. The number of rotatable bonds is 2.